The lowest BCUT2D eigenvalue weighted by Gasteiger charge is -2.51. The molecular formula is C11H18N2O3SSi. The maximum absolute atomic E-state index is 12.2. The van der Waals surface area contributed by atoms with Crippen molar-refractivity contribution in [2.24, 2.45) is 5.73 Å². The Morgan fingerprint density at radius 1 is 1.56 bits per heavy atom. The topological polar surface area (TPSA) is 72.6 Å². The lowest BCUT2D eigenvalue weighted by atomic mass is 9.99. The lowest BCUT2D eigenvalue weighted by Crippen LogP contribution is -2.73. The summed E-state index contributed by atoms with van der Waals surface area (Å²) in [5.74, 6) is 0.101. The van der Waals surface area contributed by atoms with Crippen LogP contribution in [0.25, 0.3) is 0 Å². The molecule has 2 aliphatic heterocycles. The van der Waals surface area contributed by atoms with Crippen molar-refractivity contribution in [3.8, 4) is 0 Å². The molecule has 0 bridgehead atoms. The Labute approximate surface area is 112 Å². The second kappa shape index (κ2) is 4.39. The SMILES string of the molecule is C=C1CS[C@@H]2C(N)C(=O)N2C1C(=O)O[Si](C)(C)C. The summed E-state index contributed by atoms with van der Waals surface area (Å²) in [6.45, 7) is 9.69. The Morgan fingerprint density at radius 2 is 2.17 bits per heavy atom. The van der Waals surface area contributed by atoms with Crippen LogP contribution in [-0.4, -0.2) is 48.3 Å². The van der Waals surface area contributed by atoms with Crippen LogP contribution in [0.5, 0.6) is 0 Å². The minimum absolute atomic E-state index is 0.109. The van der Waals surface area contributed by atoms with Gasteiger partial charge in [0, 0.05) is 5.75 Å². The van der Waals surface area contributed by atoms with Gasteiger partial charge in [-0.05, 0) is 25.2 Å². The third kappa shape index (κ3) is 2.22. The van der Waals surface area contributed by atoms with Crippen molar-refractivity contribution in [3.05, 3.63) is 12.2 Å². The number of β-lactam (4-membered cyclic amide) rings is 1. The van der Waals surface area contributed by atoms with E-state index in [-0.39, 0.29) is 17.3 Å². The summed E-state index contributed by atoms with van der Waals surface area (Å²) < 4.78 is 5.48. The van der Waals surface area contributed by atoms with Gasteiger partial charge in [-0.3, -0.25) is 9.59 Å². The average Bonchev–Trinajstić information content (AvgIpc) is 2.25. The van der Waals surface area contributed by atoms with Crippen LogP contribution in [0.2, 0.25) is 19.6 Å². The zero-order chi connectivity index (χ0) is 13.7. The fourth-order valence-electron chi connectivity index (χ4n) is 2.07. The van der Waals surface area contributed by atoms with Gasteiger partial charge in [0.25, 0.3) is 0 Å². The highest BCUT2D eigenvalue weighted by atomic mass is 32.2. The Kier molecular flexibility index (Phi) is 3.33. The molecule has 0 aromatic heterocycles. The summed E-state index contributed by atoms with van der Waals surface area (Å²) in [5, 5.41) is -0.109. The van der Waals surface area contributed by atoms with Crippen LogP contribution in [0, 0.1) is 0 Å². The van der Waals surface area contributed by atoms with E-state index < -0.39 is 20.4 Å². The minimum Gasteiger partial charge on any atom is -0.518 e. The van der Waals surface area contributed by atoms with Crippen LogP contribution in [-0.2, 0) is 14.0 Å². The second-order valence-corrected chi connectivity index (χ2v) is 11.1. The number of hydrogen-bond donors (Lipinski definition) is 1. The van der Waals surface area contributed by atoms with Gasteiger partial charge in [0.15, 0.2) is 6.04 Å². The Balaban J connectivity index is 2.17. The Hall–Kier alpha value is -0.793. The number of hydrogen-bond acceptors (Lipinski definition) is 5. The van der Waals surface area contributed by atoms with Gasteiger partial charge in [-0.1, -0.05) is 6.58 Å². The van der Waals surface area contributed by atoms with Gasteiger partial charge in [0.2, 0.25) is 14.2 Å². The predicted molar refractivity (Wildman–Crippen MR) is 73.4 cm³/mol. The van der Waals surface area contributed by atoms with Gasteiger partial charge in [0.05, 0.1) is 0 Å². The highest BCUT2D eigenvalue weighted by Crippen LogP contribution is 2.39. The van der Waals surface area contributed by atoms with Crippen LogP contribution >= 0.6 is 11.8 Å². The smallest absolute Gasteiger partial charge is 0.319 e. The summed E-state index contributed by atoms with van der Waals surface area (Å²) >= 11 is 1.56. The summed E-state index contributed by atoms with van der Waals surface area (Å²) in [5.41, 5.74) is 6.45. The highest BCUT2D eigenvalue weighted by molar-refractivity contribution is 8.00. The molecule has 2 heterocycles. The molecule has 2 fully saturated rings. The second-order valence-electron chi connectivity index (χ2n) is 5.57. The molecule has 0 spiro atoms. The highest BCUT2D eigenvalue weighted by Gasteiger charge is 2.54. The minimum atomic E-state index is -1.97. The summed E-state index contributed by atoms with van der Waals surface area (Å²) in [6.07, 6.45) is 0. The standard InChI is InChI=1S/C11H18N2O3SSi/c1-6-5-17-10-7(12)9(14)13(10)8(6)11(15)16-18(2,3)4/h7-8,10H,1,5,12H2,2-4H3/t7?,8?,10-/m1/s1. The average molecular weight is 286 g/mol. The van der Waals surface area contributed by atoms with E-state index in [9.17, 15) is 9.59 Å². The van der Waals surface area contributed by atoms with E-state index >= 15 is 0 Å². The van der Waals surface area contributed by atoms with Gasteiger partial charge in [-0.25, -0.2) is 0 Å². The fourth-order valence-corrected chi connectivity index (χ4v) is 4.04. The molecule has 2 unspecified atom stereocenters. The summed E-state index contributed by atoms with van der Waals surface area (Å²) in [6, 6.07) is -1.14. The van der Waals surface area contributed by atoms with E-state index in [1.54, 1.807) is 11.8 Å². The van der Waals surface area contributed by atoms with Crippen LogP contribution < -0.4 is 5.73 Å². The van der Waals surface area contributed by atoms with Crippen LogP contribution in [0.4, 0.5) is 0 Å². The molecule has 0 saturated carbocycles. The molecule has 7 heteroatoms. The maximum atomic E-state index is 12.2. The third-order valence-corrected chi connectivity index (χ3v) is 5.07. The van der Waals surface area contributed by atoms with E-state index in [4.69, 9.17) is 10.2 Å². The number of carbonyl (C=O) groups excluding carboxylic acids is 2. The molecule has 2 rings (SSSR count). The van der Waals surface area contributed by atoms with Gasteiger partial charge in [0.1, 0.15) is 11.4 Å². The van der Waals surface area contributed by atoms with Crippen molar-refractivity contribution in [2.45, 2.75) is 37.1 Å². The molecule has 0 aliphatic carbocycles. The van der Waals surface area contributed by atoms with Crippen molar-refractivity contribution < 1.29 is 14.0 Å². The monoisotopic (exact) mass is 286 g/mol. The Bertz CT molecular complexity index is 421. The zero-order valence-corrected chi connectivity index (χ0v) is 12.6. The molecule has 5 nitrogen and oxygen atoms in total. The first-order chi connectivity index (χ1) is 8.22. The molecule has 2 aliphatic rings. The molecule has 0 aromatic carbocycles. The van der Waals surface area contributed by atoms with Crippen LogP contribution in [0.1, 0.15) is 0 Å². The zero-order valence-electron chi connectivity index (χ0n) is 10.8. The third-order valence-electron chi connectivity index (χ3n) is 2.86. The van der Waals surface area contributed by atoms with E-state index in [0.717, 1.165) is 5.57 Å². The fraction of sp³-hybridized carbons (Fsp3) is 0.636. The normalized spacial score (nSPS) is 31.8. The lowest BCUT2D eigenvalue weighted by molar-refractivity contribution is -0.157. The van der Waals surface area contributed by atoms with Crippen LogP contribution in [0.15, 0.2) is 12.2 Å². The molecule has 18 heavy (non-hydrogen) atoms. The Morgan fingerprint density at radius 3 is 2.72 bits per heavy atom. The molecule has 0 radical (unpaired) electrons. The van der Waals surface area contributed by atoms with Crippen LogP contribution in [0.3, 0.4) is 0 Å². The number of thioether (sulfide) groups is 1. The van der Waals surface area contributed by atoms with E-state index in [0.29, 0.717) is 5.75 Å². The number of nitrogens with zero attached hydrogens (tertiary/aromatic N) is 1. The number of rotatable bonds is 2. The van der Waals surface area contributed by atoms with Gasteiger partial charge >= 0.3 is 5.97 Å². The van der Waals surface area contributed by atoms with Crippen molar-refractivity contribution in [1.82, 2.24) is 4.90 Å². The number of amides is 1. The first-order valence-corrected chi connectivity index (χ1v) is 10.3. The van der Waals surface area contributed by atoms with Gasteiger partial charge in [-0.15, -0.1) is 11.8 Å². The molecule has 100 valence electrons. The predicted octanol–water partition coefficient (Wildman–Crippen LogP) is 0.532. The first kappa shape index (κ1) is 13.6. The van der Waals surface area contributed by atoms with E-state index in [1.165, 1.54) is 4.90 Å². The van der Waals surface area contributed by atoms with Gasteiger partial charge in [-0.2, -0.15) is 0 Å². The maximum Gasteiger partial charge on any atom is 0.319 e. The summed E-state index contributed by atoms with van der Waals surface area (Å²) in [4.78, 5) is 25.5. The molecule has 2 saturated heterocycles. The number of carbonyl (C=O) groups is 2. The summed E-state index contributed by atoms with van der Waals surface area (Å²) in [7, 11) is -1.97. The van der Waals surface area contributed by atoms with Crippen molar-refractivity contribution in [3.63, 3.8) is 0 Å². The quantitative estimate of drug-likeness (QED) is 0.455. The molecule has 0 aromatic rings. The van der Waals surface area contributed by atoms with Crippen molar-refractivity contribution >= 4 is 32.0 Å². The first-order valence-electron chi connectivity index (χ1n) is 5.82. The van der Waals surface area contributed by atoms with E-state index in [2.05, 4.69) is 6.58 Å². The molecule has 2 N–H and O–H groups in total. The van der Waals surface area contributed by atoms with E-state index in [1.807, 2.05) is 19.6 Å². The number of nitrogens with two attached hydrogens (primary N) is 1. The van der Waals surface area contributed by atoms with Crippen molar-refractivity contribution in [1.29, 1.82) is 0 Å². The van der Waals surface area contributed by atoms with Crippen molar-refractivity contribution in [2.75, 3.05) is 5.75 Å². The molecular weight excluding hydrogens is 268 g/mol. The molecule has 1 amide bonds. The largest absolute Gasteiger partial charge is 0.518 e. The van der Waals surface area contributed by atoms with Gasteiger partial charge < -0.3 is 15.1 Å². The number of fused-ring (bicyclic) bond motifs is 1. The molecule has 3 atom stereocenters.